The topological polar surface area (TPSA) is 75.7 Å². The second-order valence-electron chi connectivity index (χ2n) is 9.51. The number of allylic oxidation sites excluding steroid dienone is 1. The highest BCUT2D eigenvalue weighted by Crippen LogP contribution is 2.28. The first kappa shape index (κ1) is 25.7. The minimum atomic E-state index is -0.769. The highest BCUT2D eigenvalue weighted by atomic mass is 16.5. The van der Waals surface area contributed by atoms with Crippen LogP contribution in [0, 0.1) is 13.8 Å². The molecule has 4 aromatic carbocycles. The summed E-state index contributed by atoms with van der Waals surface area (Å²) in [5.74, 6) is -0.712. The van der Waals surface area contributed by atoms with Gasteiger partial charge in [0, 0.05) is 0 Å². The Morgan fingerprint density at radius 2 is 1.67 bits per heavy atom. The molecule has 1 heterocycles. The molecule has 1 aliphatic heterocycles. The Hall–Kier alpha value is -4.97. The summed E-state index contributed by atoms with van der Waals surface area (Å²) in [6.07, 6.45) is 3.81. The summed E-state index contributed by atoms with van der Waals surface area (Å²) in [6, 6.07) is 24.3. The monoisotopic (exact) mass is 516 g/mol. The van der Waals surface area contributed by atoms with E-state index in [0.717, 1.165) is 37.9 Å². The van der Waals surface area contributed by atoms with E-state index in [1.165, 1.54) is 6.08 Å². The van der Waals surface area contributed by atoms with E-state index in [2.05, 4.69) is 30.1 Å². The molecule has 0 aromatic heterocycles. The van der Waals surface area contributed by atoms with Crippen molar-refractivity contribution in [3.63, 3.8) is 0 Å². The SMILES string of the molecule is C=CCc1cc(/C=C2\C(=O)NC(=O)N(c3ccc(C)c(C)c3)C2=O)ccc1OCc1cccc2ccccc12. The van der Waals surface area contributed by atoms with Gasteiger partial charge in [0.25, 0.3) is 11.8 Å². The molecule has 1 fully saturated rings. The van der Waals surface area contributed by atoms with Crippen LogP contribution in [0.3, 0.4) is 0 Å². The molecule has 0 bridgehead atoms. The van der Waals surface area contributed by atoms with Crippen LogP contribution in [-0.4, -0.2) is 17.8 Å². The predicted octanol–water partition coefficient (Wildman–Crippen LogP) is 6.43. The average molecular weight is 517 g/mol. The van der Waals surface area contributed by atoms with E-state index in [4.69, 9.17) is 4.74 Å². The first-order chi connectivity index (χ1) is 18.9. The molecule has 4 amide bonds. The lowest BCUT2D eigenvalue weighted by Gasteiger charge is -2.27. The summed E-state index contributed by atoms with van der Waals surface area (Å²) >= 11 is 0. The van der Waals surface area contributed by atoms with Gasteiger partial charge >= 0.3 is 6.03 Å². The van der Waals surface area contributed by atoms with Crippen molar-refractivity contribution >= 4 is 40.4 Å². The van der Waals surface area contributed by atoms with Crippen LogP contribution in [0.5, 0.6) is 5.75 Å². The molecule has 194 valence electrons. The van der Waals surface area contributed by atoms with E-state index in [1.807, 2.05) is 56.3 Å². The number of hydrogen-bond acceptors (Lipinski definition) is 4. The lowest BCUT2D eigenvalue weighted by atomic mass is 10.0. The quantitative estimate of drug-likeness (QED) is 0.174. The molecular formula is C33H28N2O4. The second kappa shape index (κ2) is 10.8. The number of imide groups is 2. The fraction of sp³-hybridized carbons (Fsp3) is 0.121. The summed E-state index contributed by atoms with van der Waals surface area (Å²) in [4.78, 5) is 39.6. The van der Waals surface area contributed by atoms with Gasteiger partial charge in [0.2, 0.25) is 0 Å². The fourth-order valence-electron chi connectivity index (χ4n) is 4.64. The van der Waals surface area contributed by atoms with E-state index in [1.54, 1.807) is 24.3 Å². The van der Waals surface area contributed by atoms with Gasteiger partial charge in [-0.15, -0.1) is 6.58 Å². The Kier molecular flexibility index (Phi) is 7.10. The van der Waals surface area contributed by atoms with Crippen LogP contribution in [0.2, 0.25) is 0 Å². The van der Waals surface area contributed by atoms with E-state index in [0.29, 0.717) is 30.0 Å². The van der Waals surface area contributed by atoms with Crippen molar-refractivity contribution < 1.29 is 19.1 Å². The van der Waals surface area contributed by atoms with Gasteiger partial charge in [0.1, 0.15) is 17.9 Å². The smallest absolute Gasteiger partial charge is 0.335 e. The Morgan fingerprint density at radius 3 is 2.46 bits per heavy atom. The summed E-state index contributed by atoms with van der Waals surface area (Å²) in [5, 5.41) is 4.57. The summed E-state index contributed by atoms with van der Waals surface area (Å²) in [7, 11) is 0. The van der Waals surface area contributed by atoms with Crippen molar-refractivity contribution in [2.24, 2.45) is 0 Å². The highest BCUT2D eigenvalue weighted by molar-refractivity contribution is 6.39. The zero-order valence-electron chi connectivity index (χ0n) is 21.9. The molecule has 0 radical (unpaired) electrons. The van der Waals surface area contributed by atoms with Crippen molar-refractivity contribution in [1.29, 1.82) is 0 Å². The number of carbonyl (C=O) groups excluding carboxylic acids is 3. The highest BCUT2D eigenvalue weighted by Gasteiger charge is 2.36. The number of benzene rings is 4. The molecule has 5 rings (SSSR count). The van der Waals surface area contributed by atoms with Crippen molar-refractivity contribution in [2.75, 3.05) is 4.90 Å². The number of anilines is 1. The maximum Gasteiger partial charge on any atom is 0.335 e. The standard InChI is InChI=1S/C33H28N2O4/c1-4-8-25-18-23(14-16-30(25)39-20-26-11-7-10-24-9-5-6-12-28(24)26)19-29-31(36)34-33(38)35(32(29)37)27-15-13-21(2)22(3)17-27/h4-7,9-19H,1,8,20H2,2-3H3,(H,34,36,38)/b29-19+. The normalized spacial score (nSPS) is 14.6. The molecular weight excluding hydrogens is 488 g/mol. The summed E-state index contributed by atoms with van der Waals surface area (Å²) in [6.45, 7) is 8.09. The van der Waals surface area contributed by atoms with E-state index in [9.17, 15) is 14.4 Å². The third-order valence-corrected chi connectivity index (χ3v) is 6.87. The lowest BCUT2D eigenvalue weighted by molar-refractivity contribution is -0.122. The number of nitrogens with one attached hydrogen (secondary N) is 1. The number of barbiturate groups is 1. The van der Waals surface area contributed by atoms with Gasteiger partial charge in [-0.05, 0) is 89.2 Å². The third kappa shape index (κ3) is 5.22. The van der Waals surface area contributed by atoms with E-state index in [-0.39, 0.29) is 5.57 Å². The molecule has 1 N–H and O–H groups in total. The minimum absolute atomic E-state index is 0.123. The molecule has 6 heteroatoms. The molecule has 0 atom stereocenters. The number of aryl methyl sites for hydroxylation is 2. The number of ether oxygens (including phenoxy) is 1. The molecule has 4 aromatic rings. The zero-order chi connectivity index (χ0) is 27.5. The van der Waals surface area contributed by atoms with Gasteiger partial charge in [-0.3, -0.25) is 14.9 Å². The zero-order valence-corrected chi connectivity index (χ0v) is 21.9. The van der Waals surface area contributed by atoms with Crippen LogP contribution in [0.4, 0.5) is 10.5 Å². The number of rotatable bonds is 7. The van der Waals surface area contributed by atoms with Gasteiger partial charge in [0.15, 0.2) is 0 Å². The predicted molar refractivity (Wildman–Crippen MR) is 154 cm³/mol. The van der Waals surface area contributed by atoms with Crippen LogP contribution in [0.1, 0.15) is 27.8 Å². The van der Waals surface area contributed by atoms with Crippen LogP contribution in [0.25, 0.3) is 16.8 Å². The molecule has 1 aliphatic rings. The number of nitrogens with zero attached hydrogens (tertiary/aromatic N) is 1. The third-order valence-electron chi connectivity index (χ3n) is 6.87. The van der Waals surface area contributed by atoms with Crippen LogP contribution < -0.4 is 15.0 Å². The second-order valence-corrected chi connectivity index (χ2v) is 9.51. The van der Waals surface area contributed by atoms with Crippen LogP contribution >= 0.6 is 0 Å². The molecule has 0 spiro atoms. The van der Waals surface area contributed by atoms with Gasteiger partial charge in [0.05, 0.1) is 5.69 Å². The Bertz CT molecular complexity index is 1660. The number of carbonyl (C=O) groups is 3. The van der Waals surface area contributed by atoms with Crippen LogP contribution in [-0.2, 0) is 22.6 Å². The minimum Gasteiger partial charge on any atom is -0.489 e. The maximum absolute atomic E-state index is 13.3. The molecule has 39 heavy (non-hydrogen) atoms. The lowest BCUT2D eigenvalue weighted by Crippen LogP contribution is -2.54. The number of amides is 4. The number of hydrogen-bond donors (Lipinski definition) is 1. The Labute approximate surface area is 227 Å². The van der Waals surface area contributed by atoms with Crippen molar-refractivity contribution in [2.45, 2.75) is 26.9 Å². The summed E-state index contributed by atoms with van der Waals surface area (Å²) in [5.41, 5.74) is 4.83. The van der Waals surface area contributed by atoms with Crippen LogP contribution in [0.15, 0.2) is 97.1 Å². The van der Waals surface area contributed by atoms with E-state index < -0.39 is 17.8 Å². The van der Waals surface area contributed by atoms with Gasteiger partial charge in [-0.25, -0.2) is 9.69 Å². The first-order valence-corrected chi connectivity index (χ1v) is 12.7. The van der Waals surface area contributed by atoms with Crippen molar-refractivity contribution in [3.8, 4) is 5.75 Å². The molecule has 0 aliphatic carbocycles. The van der Waals surface area contributed by atoms with Gasteiger partial charge < -0.3 is 4.74 Å². The van der Waals surface area contributed by atoms with Crippen molar-refractivity contribution in [1.82, 2.24) is 5.32 Å². The van der Waals surface area contributed by atoms with E-state index >= 15 is 0 Å². The van der Waals surface area contributed by atoms with Crippen molar-refractivity contribution in [3.05, 3.63) is 125 Å². The summed E-state index contributed by atoms with van der Waals surface area (Å²) < 4.78 is 6.21. The molecule has 0 unspecified atom stereocenters. The Balaban J connectivity index is 1.43. The van der Waals surface area contributed by atoms with Gasteiger partial charge in [-0.1, -0.05) is 60.7 Å². The fourth-order valence-corrected chi connectivity index (χ4v) is 4.64. The molecule has 1 saturated heterocycles. The molecule has 0 saturated carbocycles. The average Bonchev–Trinajstić information content (AvgIpc) is 2.92. The Morgan fingerprint density at radius 1 is 0.872 bits per heavy atom. The molecule has 6 nitrogen and oxygen atoms in total. The maximum atomic E-state index is 13.3. The largest absolute Gasteiger partial charge is 0.489 e. The first-order valence-electron chi connectivity index (χ1n) is 12.7. The number of urea groups is 1. The number of fused-ring (bicyclic) bond motifs is 1. The van der Waals surface area contributed by atoms with Gasteiger partial charge in [-0.2, -0.15) is 0 Å².